The molecule has 0 bridgehead atoms. The number of halogens is 1. The van der Waals surface area contributed by atoms with Crippen LogP contribution in [-0.2, 0) is 11.2 Å². The number of anilines is 2. The van der Waals surface area contributed by atoms with Crippen molar-refractivity contribution in [2.24, 2.45) is 0 Å². The molecule has 0 radical (unpaired) electrons. The van der Waals surface area contributed by atoms with Gasteiger partial charge in [-0.15, -0.1) is 0 Å². The SMILES string of the molecule is Cc1cc(Br)ccc1NC(=O)CCc1cccc(N)c1. The summed E-state index contributed by atoms with van der Waals surface area (Å²) >= 11 is 3.41. The van der Waals surface area contributed by atoms with Crippen molar-refractivity contribution >= 4 is 33.2 Å². The van der Waals surface area contributed by atoms with Gasteiger partial charge in [0, 0.05) is 22.3 Å². The van der Waals surface area contributed by atoms with Crippen molar-refractivity contribution in [3.63, 3.8) is 0 Å². The van der Waals surface area contributed by atoms with Crippen LogP contribution in [-0.4, -0.2) is 5.91 Å². The molecule has 2 aromatic carbocycles. The van der Waals surface area contributed by atoms with Gasteiger partial charge >= 0.3 is 0 Å². The van der Waals surface area contributed by atoms with E-state index in [1.165, 1.54) is 0 Å². The summed E-state index contributed by atoms with van der Waals surface area (Å²) in [4.78, 5) is 12.0. The fourth-order valence-corrected chi connectivity index (χ4v) is 2.46. The first-order valence-electron chi connectivity index (χ1n) is 6.45. The van der Waals surface area contributed by atoms with E-state index in [2.05, 4.69) is 21.2 Å². The normalized spacial score (nSPS) is 10.3. The van der Waals surface area contributed by atoms with E-state index in [4.69, 9.17) is 5.73 Å². The quantitative estimate of drug-likeness (QED) is 0.834. The highest BCUT2D eigenvalue weighted by Gasteiger charge is 2.05. The lowest BCUT2D eigenvalue weighted by Crippen LogP contribution is -2.13. The highest BCUT2D eigenvalue weighted by Crippen LogP contribution is 2.20. The average molecular weight is 333 g/mol. The Balaban J connectivity index is 1.92. The molecule has 0 saturated carbocycles. The summed E-state index contributed by atoms with van der Waals surface area (Å²) in [6.07, 6.45) is 1.13. The van der Waals surface area contributed by atoms with Gasteiger partial charge in [-0.05, 0) is 54.8 Å². The molecule has 0 aromatic heterocycles. The molecular weight excluding hydrogens is 316 g/mol. The second-order valence-corrected chi connectivity index (χ2v) is 5.67. The smallest absolute Gasteiger partial charge is 0.224 e. The third-order valence-electron chi connectivity index (χ3n) is 3.05. The van der Waals surface area contributed by atoms with E-state index in [1.54, 1.807) is 0 Å². The Morgan fingerprint density at radius 3 is 2.75 bits per heavy atom. The first-order valence-corrected chi connectivity index (χ1v) is 7.24. The molecule has 4 heteroatoms. The minimum atomic E-state index is 0.0119. The summed E-state index contributed by atoms with van der Waals surface area (Å²) in [5, 5.41) is 2.93. The zero-order valence-corrected chi connectivity index (χ0v) is 12.9. The van der Waals surface area contributed by atoms with Crippen LogP contribution in [0.2, 0.25) is 0 Å². The van der Waals surface area contributed by atoms with E-state index in [0.717, 1.165) is 27.0 Å². The molecule has 0 spiro atoms. The van der Waals surface area contributed by atoms with Gasteiger partial charge in [0.05, 0.1) is 0 Å². The van der Waals surface area contributed by atoms with Gasteiger partial charge in [-0.25, -0.2) is 0 Å². The summed E-state index contributed by atoms with van der Waals surface area (Å²) in [6, 6.07) is 13.4. The molecule has 0 heterocycles. The number of nitrogens with one attached hydrogen (secondary N) is 1. The van der Waals surface area contributed by atoms with Gasteiger partial charge in [-0.2, -0.15) is 0 Å². The van der Waals surface area contributed by atoms with Crippen molar-refractivity contribution < 1.29 is 4.79 Å². The van der Waals surface area contributed by atoms with Gasteiger partial charge in [0.1, 0.15) is 0 Å². The minimum absolute atomic E-state index is 0.0119. The first kappa shape index (κ1) is 14.6. The van der Waals surface area contributed by atoms with Crippen molar-refractivity contribution in [2.75, 3.05) is 11.1 Å². The molecule has 0 fully saturated rings. The fourth-order valence-electron chi connectivity index (χ4n) is 1.99. The maximum atomic E-state index is 12.0. The molecule has 0 aliphatic rings. The number of hydrogen-bond donors (Lipinski definition) is 2. The van der Waals surface area contributed by atoms with Crippen molar-refractivity contribution in [2.45, 2.75) is 19.8 Å². The van der Waals surface area contributed by atoms with Crippen molar-refractivity contribution in [1.29, 1.82) is 0 Å². The summed E-state index contributed by atoms with van der Waals surface area (Å²) in [7, 11) is 0. The van der Waals surface area contributed by atoms with Crippen LogP contribution in [0, 0.1) is 6.92 Å². The monoisotopic (exact) mass is 332 g/mol. The van der Waals surface area contributed by atoms with Gasteiger partial charge in [-0.3, -0.25) is 4.79 Å². The van der Waals surface area contributed by atoms with E-state index in [1.807, 2.05) is 49.4 Å². The minimum Gasteiger partial charge on any atom is -0.399 e. The molecule has 0 aliphatic carbocycles. The van der Waals surface area contributed by atoms with Gasteiger partial charge in [0.2, 0.25) is 5.91 Å². The molecule has 2 rings (SSSR count). The van der Waals surface area contributed by atoms with Gasteiger partial charge in [0.25, 0.3) is 0 Å². The van der Waals surface area contributed by atoms with Crippen molar-refractivity contribution in [3.05, 3.63) is 58.1 Å². The Labute approximate surface area is 127 Å². The Hall–Kier alpha value is -1.81. The predicted molar refractivity (Wildman–Crippen MR) is 86.7 cm³/mol. The summed E-state index contributed by atoms with van der Waals surface area (Å²) in [5.74, 6) is 0.0119. The molecule has 3 nitrogen and oxygen atoms in total. The van der Waals surface area contributed by atoms with Gasteiger partial charge < -0.3 is 11.1 Å². The molecular formula is C16H17BrN2O. The largest absolute Gasteiger partial charge is 0.399 e. The van der Waals surface area contributed by atoms with Gasteiger partial charge in [-0.1, -0.05) is 28.1 Å². The van der Waals surface area contributed by atoms with E-state index < -0.39 is 0 Å². The number of amides is 1. The standard InChI is InChI=1S/C16H17BrN2O/c1-11-9-13(17)6-7-15(11)19-16(20)8-5-12-3-2-4-14(18)10-12/h2-4,6-7,9-10H,5,8,18H2,1H3,(H,19,20). The van der Waals surface area contributed by atoms with Crippen LogP contribution in [0.4, 0.5) is 11.4 Å². The number of nitrogen functional groups attached to an aromatic ring is 1. The number of benzene rings is 2. The zero-order chi connectivity index (χ0) is 14.5. The molecule has 0 atom stereocenters. The maximum Gasteiger partial charge on any atom is 0.224 e. The average Bonchev–Trinajstić information content (AvgIpc) is 2.40. The maximum absolute atomic E-state index is 12.0. The van der Waals surface area contributed by atoms with Crippen LogP contribution in [0.25, 0.3) is 0 Å². The van der Waals surface area contributed by atoms with Crippen LogP contribution in [0.15, 0.2) is 46.9 Å². The molecule has 0 unspecified atom stereocenters. The highest BCUT2D eigenvalue weighted by molar-refractivity contribution is 9.10. The highest BCUT2D eigenvalue weighted by atomic mass is 79.9. The van der Waals surface area contributed by atoms with Gasteiger partial charge in [0.15, 0.2) is 0 Å². The van der Waals surface area contributed by atoms with Crippen LogP contribution in [0.1, 0.15) is 17.5 Å². The molecule has 1 amide bonds. The van der Waals surface area contributed by atoms with E-state index in [0.29, 0.717) is 12.8 Å². The molecule has 104 valence electrons. The number of hydrogen-bond acceptors (Lipinski definition) is 2. The number of nitrogens with two attached hydrogens (primary N) is 1. The lowest BCUT2D eigenvalue weighted by atomic mass is 10.1. The van der Waals surface area contributed by atoms with E-state index in [9.17, 15) is 4.79 Å². The summed E-state index contributed by atoms with van der Waals surface area (Å²) in [5.41, 5.74) is 9.41. The molecule has 0 aliphatic heterocycles. The summed E-state index contributed by atoms with van der Waals surface area (Å²) < 4.78 is 1.01. The Kier molecular flexibility index (Phi) is 4.79. The van der Waals surface area contributed by atoms with E-state index in [-0.39, 0.29) is 5.91 Å². The zero-order valence-electron chi connectivity index (χ0n) is 11.3. The Morgan fingerprint density at radius 2 is 2.05 bits per heavy atom. The van der Waals surface area contributed by atoms with E-state index >= 15 is 0 Å². The summed E-state index contributed by atoms with van der Waals surface area (Å²) in [6.45, 7) is 1.97. The fraction of sp³-hybridized carbons (Fsp3) is 0.188. The number of carbonyl (C=O) groups excluding carboxylic acids is 1. The number of rotatable bonds is 4. The Bertz CT molecular complexity index is 626. The van der Waals surface area contributed by atoms with Crippen molar-refractivity contribution in [1.82, 2.24) is 0 Å². The number of carbonyl (C=O) groups is 1. The van der Waals surface area contributed by atoms with Crippen LogP contribution in [0.3, 0.4) is 0 Å². The molecule has 3 N–H and O–H groups in total. The first-order chi connectivity index (χ1) is 9.54. The molecule has 2 aromatic rings. The Morgan fingerprint density at radius 1 is 1.25 bits per heavy atom. The third kappa shape index (κ3) is 4.10. The van der Waals surface area contributed by atoms with Crippen LogP contribution in [0.5, 0.6) is 0 Å². The lowest BCUT2D eigenvalue weighted by Gasteiger charge is -2.09. The second-order valence-electron chi connectivity index (χ2n) is 4.75. The predicted octanol–water partition coefficient (Wildman–Crippen LogP) is 3.91. The topological polar surface area (TPSA) is 55.1 Å². The second kappa shape index (κ2) is 6.57. The molecule has 20 heavy (non-hydrogen) atoms. The van der Waals surface area contributed by atoms with Crippen LogP contribution >= 0.6 is 15.9 Å². The third-order valence-corrected chi connectivity index (χ3v) is 3.55. The van der Waals surface area contributed by atoms with Crippen molar-refractivity contribution in [3.8, 4) is 0 Å². The van der Waals surface area contributed by atoms with Crippen LogP contribution < -0.4 is 11.1 Å². The lowest BCUT2D eigenvalue weighted by molar-refractivity contribution is -0.116. The molecule has 0 saturated heterocycles. The number of aryl methyl sites for hydroxylation is 2.